The van der Waals surface area contributed by atoms with Crippen LogP contribution in [0.25, 0.3) is 0 Å². The minimum absolute atomic E-state index is 0.106. The standard InChI is InChI=1S/C21H24N2O3S/c1-26-27(25)22-13-11-16(12-14-22)15-19-18-9-5-6-10-20(18)23(21(19)24)17-7-3-2-4-8-17/h2-10,16,19H,11-15H2,1H3. The molecule has 0 radical (unpaired) electrons. The number of benzene rings is 2. The molecular weight excluding hydrogens is 360 g/mol. The molecule has 5 nitrogen and oxygen atoms in total. The highest BCUT2D eigenvalue weighted by Crippen LogP contribution is 2.45. The molecule has 0 spiro atoms. The fourth-order valence-electron chi connectivity index (χ4n) is 4.20. The van der Waals surface area contributed by atoms with Gasteiger partial charge in [-0.25, -0.2) is 8.51 Å². The van der Waals surface area contributed by atoms with E-state index in [1.165, 1.54) is 7.11 Å². The van der Waals surface area contributed by atoms with Crippen LogP contribution in [0, 0.1) is 5.92 Å². The molecule has 6 heteroatoms. The smallest absolute Gasteiger partial charge is 0.239 e. The second-order valence-corrected chi connectivity index (χ2v) is 8.40. The van der Waals surface area contributed by atoms with Crippen molar-refractivity contribution in [3.8, 4) is 0 Å². The van der Waals surface area contributed by atoms with E-state index in [0.29, 0.717) is 5.92 Å². The lowest BCUT2D eigenvalue weighted by molar-refractivity contribution is -0.119. The molecule has 2 aromatic carbocycles. The van der Waals surface area contributed by atoms with E-state index < -0.39 is 11.3 Å². The van der Waals surface area contributed by atoms with Gasteiger partial charge in [-0.15, -0.1) is 0 Å². The van der Waals surface area contributed by atoms with Gasteiger partial charge in [-0.3, -0.25) is 13.9 Å². The number of hydrogen-bond acceptors (Lipinski definition) is 3. The van der Waals surface area contributed by atoms with Crippen molar-refractivity contribution in [2.24, 2.45) is 5.92 Å². The van der Waals surface area contributed by atoms with Crippen molar-refractivity contribution in [3.63, 3.8) is 0 Å². The zero-order valence-corrected chi connectivity index (χ0v) is 16.2. The van der Waals surface area contributed by atoms with E-state index in [9.17, 15) is 9.00 Å². The Bertz CT molecular complexity index is 834. The minimum atomic E-state index is -1.35. The van der Waals surface area contributed by atoms with Crippen molar-refractivity contribution >= 4 is 28.5 Å². The molecule has 0 bridgehead atoms. The van der Waals surface area contributed by atoms with E-state index in [0.717, 1.165) is 49.3 Å². The van der Waals surface area contributed by atoms with Gasteiger partial charge in [0.05, 0.1) is 18.7 Å². The van der Waals surface area contributed by atoms with Gasteiger partial charge in [0.1, 0.15) is 0 Å². The third-order valence-electron chi connectivity index (χ3n) is 5.58. The molecule has 2 aliphatic rings. The maximum Gasteiger partial charge on any atom is 0.239 e. The lowest BCUT2D eigenvalue weighted by Crippen LogP contribution is -2.36. The van der Waals surface area contributed by atoms with Crippen LogP contribution in [0.4, 0.5) is 11.4 Å². The number of carbonyl (C=O) groups excluding carboxylic acids is 1. The molecule has 1 saturated heterocycles. The second-order valence-electron chi connectivity index (χ2n) is 7.11. The van der Waals surface area contributed by atoms with Crippen molar-refractivity contribution in [2.75, 3.05) is 25.1 Å². The number of nitrogens with zero attached hydrogens (tertiary/aromatic N) is 2. The Morgan fingerprint density at radius 2 is 1.70 bits per heavy atom. The van der Waals surface area contributed by atoms with Crippen molar-refractivity contribution in [1.82, 2.24) is 4.31 Å². The van der Waals surface area contributed by atoms with Crippen LogP contribution in [-0.4, -0.2) is 34.6 Å². The first-order chi connectivity index (χ1) is 13.2. The summed E-state index contributed by atoms with van der Waals surface area (Å²) in [5.74, 6) is 0.504. The lowest BCUT2D eigenvalue weighted by Gasteiger charge is -2.30. The first-order valence-corrected chi connectivity index (χ1v) is 10.4. The van der Waals surface area contributed by atoms with Gasteiger partial charge >= 0.3 is 0 Å². The van der Waals surface area contributed by atoms with Crippen LogP contribution < -0.4 is 4.90 Å². The lowest BCUT2D eigenvalue weighted by atomic mass is 9.85. The van der Waals surface area contributed by atoms with Crippen molar-refractivity contribution in [1.29, 1.82) is 0 Å². The number of amides is 1. The number of fused-ring (bicyclic) bond motifs is 1. The summed E-state index contributed by atoms with van der Waals surface area (Å²) in [6, 6.07) is 18.0. The third-order valence-corrected chi connectivity index (χ3v) is 6.65. The molecule has 2 atom stereocenters. The molecule has 2 heterocycles. The Balaban J connectivity index is 1.52. The average molecular weight is 385 g/mol. The van der Waals surface area contributed by atoms with Crippen LogP contribution in [0.3, 0.4) is 0 Å². The molecule has 27 heavy (non-hydrogen) atoms. The van der Waals surface area contributed by atoms with Gasteiger partial charge in [-0.2, -0.15) is 0 Å². The van der Waals surface area contributed by atoms with Crippen molar-refractivity contribution < 1.29 is 13.2 Å². The Kier molecular flexibility index (Phi) is 5.38. The zero-order chi connectivity index (χ0) is 18.8. The molecule has 1 amide bonds. The molecule has 0 saturated carbocycles. The molecule has 4 rings (SSSR count). The van der Waals surface area contributed by atoms with Gasteiger partial charge in [0, 0.05) is 18.8 Å². The quantitative estimate of drug-likeness (QED) is 0.788. The first-order valence-electron chi connectivity index (χ1n) is 9.38. The number of para-hydroxylation sites is 2. The predicted octanol–water partition coefficient (Wildman–Crippen LogP) is 3.78. The summed E-state index contributed by atoms with van der Waals surface area (Å²) >= 11 is -1.35. The van der Waals surface area contributed by atoms with Gasteiger partial charge in [0.2, 0.25) is 17.2 Å². The Hall–Kier alpha value is -2.02. The van der Waals surface area contributed by atoms with E-state index in [1.54, 1.807) is 0 Å². The summed E-state index contributed by atoms with van der Waals surface area (Å²) in [6.07, 6.45) is 2.71. The number of piperidine rings is 1. The summed E-state index contributed by atoms with van der Waals surface area (Å²) < 4.78 is 18.6. The molecular formula is C21H24N2O3S. The van der Waals surface area contributed by atoms with Crippen LogP contribution in [0.5, 0.6) is 0 Å². The maximum atomic E-state index is 13.3. The highest BCUT2D eigenvalue weighted by Gasteiger charge is 2.39. The summed E-state index contributed by atoms with van der Waals surface area (Å²) in [5.41, 5.74) is 3.04. The highest BCUT2D eigenvalue weighted by molar-refractivity contribution is 7.77. The number of anilines is 2. The topological polar surface area (TPSA) is 49.9 Å². The molecule has 2 aliphatic heterocycles. The van der Waals surface area contributed by atoms with Crippen LogP contribution in [-0.2, 0) is 20.2 Å². The van der Waals surface area contributed by atoms with E-state index in [-0.39, 0.29) is 11.8 Å². The molecule has 2 unspecified atom stereocenters. The summed E-state index contributed by atoms with van der Waals surface area (Å²) in [6.45, 7) is 1.49. The van der Waals surface area contributed by atoms with Gasteiger partial charge in [0.15, 0.2) is 0 Å². The molecule has 0 aromatic heterocycles. The van der Waals surface area contributed by atoms with Crippen LogP contribution in [0.15, 0.2) is 54.6 Å². The van der Waals surface area contributed by atoms with Crippen molar-refractivity contribution in [3.05, 3.63) is 60.2 Å². The third kappa shape index (κ3) is 3.57. The summed E-state index contributed by atoms with van der Waals surface area (Å²) in [7, 11) is 1.47. The Morgan fingerprint density at radius 3 is 2.41 bits per heavy atom. The monoisotopic (exact) mass is 384 g/mol. The Morgan fingerprint density at radius 1 is 1.04 bits per heavy atom. The Labute approximate surface area is 162 Å². The maximum absolute atomic E-state index is 13.3. The van der Waals surface area contributed by atoms with E-state index in [4.69, 9.17) is 4.18 Å². The molecule has 0 N–H and O–H groups in total. The number of carbonyl (C=O) groups is 1. The average Bonchev–Trinajstić information content (AvgIpc) is 3.00. The predicted molar refractivity (Wildman–Crippen MR) is 107 cm³/mol. The first kappa shape index (κ1) is 18.3. The van der Waals surface area contributed by atoms with E-state index in [2.05, 4.69) is 6.07 Å². The normalized spacial score (nSPS) is 22.0. The molecule has 1 fully saturated rings. The molecule has 0 aliphatic carbocycles. The molecule has 142 valence electrons. The number of rotatable bonds is 5. The second kappa shape index (κ2) is 7.92. The van der Waals surface area contributed by atoms with Crippen LogP contribution in [0.2, 0.25) is 0 Å². The fraction of sp³-hybridized carbons (Fsp3) is 0.381. The van der Waals surface area contributed by atoms with Crippen LogP contribution >= 0.6 is 0 Å². The number of hydrogen-bond donors (Lipinski definition) is 0. The zero-order valence-electron chi connectivity index (χ0n) is 15.4. The van der Waals surface area contributed by atoms with E-state index in [1.807, 2.05) is 57.7 Å². The largest absolute Gasteiger partial charge is 0.281 e. The summed E-state index contributed by atoms with van der Waals surface area (Å²) in [4.78, 5) is 15.2. The van der Waals surface area contributed by atoms with Crippen LogP contribution in [0.1, 0.15) is 30.7 Å². The van der Waals surface area contributed by atoms with Crippen molar-refractivity contribution in [2.45, 2.75) is 25.2 Å². The van der Waals surface area contributed by atoms with Gasteiger partial charge in [0.25, 0.3) is 0 Å². The SMILES string of the molecule is COS(=O)N1CCC(CC2C(=O)N(c3ccccc3)c3ccccc32)CC1. The fourth-order valence-corrected chi connectivity index (χ4v) is 4.92. The molecule has 2 aromatic rings. The minimum Gasteiger partial charge on any atom is -0.281 e. The van der Waals surface area contributed by atoms with Gasteiger partial charge < -0.3 is 0 Å². The van der Waals surface area contributed by atoms with Gasteiger partial charge in [-0.05, 0) is 48.9 Å². The summed E-state index contributed by atoms with van der Waals surface area (Å²) in [5, 5.41) is 0. The van der Waals surface area contributed by atoms with E-state index >= 15 is 0 Å². The van der Waals surface area contributed by atoms with Gasteiger partial charge in [-0.1, -0.05) is 36.4 Å². The highest BCUT2D eigenvalue weighted by atomic mass is 32.2.